The van der Waals surface area contributed by atoms with Gasteiger partial charge >= 0.3 is 0 Å². The lowest BCUT2D eigenvalue weighted by Crippen LogP contribution is -2.33. The molecule has 0 spiro atoms. The molecule has 1 aliphatic heterocycles. The largest absolute Gasteiger partial charge is 0.329 e. The molecule has 1 aromatic rings. The average Bonchev–Trinajstić information content (AvgIpc) is 2.65. The van der Waals surface area contributed by atoms with Crippen LogP contribution in [0.2, 0.25) is 0 Å². The van der Waals surface area contributed by atoms with E-state index in [2.05, 4.69) is 59.8 Å². The Morgan fingerprint density at radius 2 is 2.17 bits per heavy atom. The van der Waals surface area contributed by atoms with Gasteiger partial charge in [-0.3, -0.25) is 4.90 Å². The molecule has 18 heavy (non-hydrogen) atoms. The van der Waals surface area contributed by atoms with E-state index in [1.807, 2.05) is 0 Å². The van der Waals surface area contributed by atoms with Gasteiger partial charge in [-0.2, -0.15) is 0 Å². The molecule has 1 heterocycles. The summed E-state index contributed by atoms with van der Waals surface area (Å²) >= 11 is 3.62. The monoisotopic (exact) mass is 310 g/mol. The fourth-order valence-electron chi connectivity index (χ4n) is 2.73. The predicted octanol–water partition coefficient (Wildman–Crippen LogP) is 3.49. The molecular weight excluding hydrogens is 288 g/mol. The van der Waals surface area contributed by atoms with Crippen LogP contribution in [0.5, 0.6) is 0 Å². The summed E-state index contributed by atoms with van der Waals surface area (Å²) in [6.45, 7) is 9.77. The quantitative estimate of drug-likeness (QED) is 0.926. The number of rotatable bonds is 3. The summed E-state index contributed by atoms with van der Waals surface area (Å²) in [5.74, 6) is 0. The van der Waals surface area contributed by atoms with E-state index < -0.39 is 0 Å². The Balaban J connectivity index is 2.21. The standard InChI is InChI=1S/C15H23BrN2/c1-11-4-5-12(8-13(11)16)14(9-17)18-7-6-15(2,3)10-18/h4-5,8,14H,6-7,9-10,17H2,1-3H3. The van der Waals surface area contributed by atoms with Gasteiger partial charge < -0.3 is 5.73 Å². The Hall–Kier alpha value is -0.380. The molecule has 0 radical (unpaired) electrons. The van der Waals surface area contributed by atoms with E-state index in [-0.39, 0.29) is 0 Å². The summed E-state index contributed by atoms with van der Waals surface area (Å²) < 4.78 is 1.18. The Bertz CT molecular complexity index is 429. The third kappa shape index (κ3) is 2.95. The van der Waals surface area contributed by atoms with Gasteiger partial charge in [-0.25, -0.2) is 0 Å². The normalized spacial score (nSPS) is 21.2. The molecular formula is C15H23BrN2. The summed E-state index contributed by atoms with van der Waals surface area (Å²) in [6, 6.07) is 6.95. The van der Waals surface area contributed by atoms with E-state index in [0.717, 1.165) is 13.1 Å². The number of halogens is 1. The van der Waals surface area contributed by atoms with Crippen LogP contribution in [0.25, 0.3) is 0 Å². The molecule has 2 rings (SSSR count). The molecule has 2 nitrogen and oxygen atoms in total. The highest BCUT2D eigenvalue weighted by atomic mass is 79.9. The summed E-state index contributed by atoms with van der Waals surface area (Å²) in [4.78, 5) is 2.52. The highest BCUT2D eigenvalue weighted by molar-refractivity contribution is 9.10. The van der Waals surface area contributed by atoms with Crippen molar-refractivity contribution in [3.63, 3.8) is 0 Å². The minimum absolute atomic E-state index is 0.351. The maximum absolute atomic E-state index is 6.00. The summed E-state index contributed by atoms with van der Waals surface area (Å²) in [7, 11) is 0. The summed E-state index contributed by atoms with van der Waals surface area (Å²) in [5, 5.41) is 0. The zero-order valence-electron chi connectivity index (χ0n) is 11.5. The summed E-state index contributed by atoms with van der Waals surface area (Å²) in [5.41, 5.74) is 9.03. The van der Waals surface area contributed by atoms with Crippen molar-refractivity contribution >= 4 is 15.9 Å². The first-order valence-electron chi connectivity index (χ1n) is 6.63. The lowest BCUT2D eigenvalue weighted by Gasteiger charge is -2.28. The molecule has 2 N–H and O–H groups in total. The van der Waals surface area contributed by atoms with Crippen LogP contribution in [0.15, 0.2) is 22.7 Å². The van der Waals surface area contributed by atoms with Crippen LogP contribution < -0.4 is 5.73 Å². The van der Waals surface area contributed by atoms with Gasteiger partial charge in [0.2, 0.25) is 0 Å². The van der Waals surface area contributed by atoms with E-state index in [4.69, 9.17) is 5.73 Å². The molecule has 0 aromatic heterocycles. The van der Waals surface area contributed by atoms with Gasteiger partial charge in [-0.05, 0) is 42.5 Å². The molecule has 1 unspecified atom stereocenters. The van der Waals surface area contributed by atoms with E-state index in [0.29, 0.717) is 18.0 Å². The van der Waals surface area contributed by atoms with E-state index in [1.54, 1.807) is 0 Å². The van der Waals surface area contributed by atoms with Gasteiger partial charge in [0.25, 0.3) is 0 Å². The molecule has 1 atom stereocenters. The van der Waals surface area contributed by atoms with Gasteiger partial charge in [0.1, 0.15) is 0 Å². The first-order valence-corrected chi connectivity index (χ1v) is 7.42. The van der Waals surface area contributed by atoms with Crippen molar-refractivity contribution in [2.45, 2.75) is 33.2 Å². The Morgan fingerprint density at radius 1 is 1.44 bits per heavy atom. The van der Waals surface area contributed by atoms with Crippen LogP contribution in [-0.2, 0) is 0 Å². The van der Waals surface area contributed by atoms with Crippen molar-refractivity contribution in [2.24, 2.45) is 11.1 Å². The van der Waals surface area contributed by atoms with Crippen LogP contribution in [0.3, 0.4) is 0 Å². The minimum Gasteiger partial charge on any atom is -0.329 e. The summed E-state index contributed by atoms with van der Waals surface area (Å²) in [6.07, 6.45) is 1.26. The SMILES string of the molecule is Cc1ccc(C(CN)N2CCC(C)(C)C2)cc1Br. The highest BCUT2D eigenvalue weighted by Crippen LogP contribution is 2.35. The lowest BCUT2D eigenvalue weighted by molar-refractivity contribution is 0.223. The number of nitrogens with zero attached hydrogens (tertiary/aromatic N) is 1. The zero-order chi connectivity index (χ0) is 13.3. The lowest BCUT2D eigenvalue weighted by atomic mass is 9.93. The number of hydrogen-bond acceptors (Lipinski definition) is 2. The van der Waals surface area contributed by atoms with E-state index in [1.165, 1.54) is 22.0 Å². The van der Waals surface area contributed by atoms with Crippen LogP contribution in [0.1, 0.15) is 37.4 Å². The van der Waals surface area contributed by atoms with Gasteiger partial charge in [0.15, 0.2) is 0 Å². The van der Waals surface area contributed by atoms with Gasteiger partial charge in [-0.15, -0.1) is 0 Å². The van der Waals surface area contributed by atoms with Crippen molar-refractivity contribution in [2.75, 3.05) is 19.6 Å². The van der Waals surface area contributed by atoms with Crippen molar-refractivity contribution in [3.8, 4) is 0 Å². The molecule has 3 heteroatoms. The second-order valence-electron chi connectivity index (χ2n) is 6.14. The molecule has 1 saturated heterocycles. The maximum Gasteiger partial charge on any atom is 0.0471 e. The molecule has 1 aromatic carbocycles. The maximum atomic E-state index is 6.00. The molecule has 0 aliphatic carbocycles. The number of benzene rings is 1. The van der Waals surface area contributed by atoms with Crippen molar-refractivity contribution in [1.29, 1.82) is 0 Å². The fourth-order valence-corrected chi connectivity index (χ4v) is 3.13. The number of likely N-dealkylation sites (tertiary alicyclic amines) is 1. The zero-order valence-corrected chi connectivity index (χ0v) is 13.1. The van der Waals surface area contributed by atoms with Gasteiger partial charge in [0, 0.05) is 23.6 Å². The highest BCUT2D eigenvalue weighted by Gasteiger charge is 2.33. The number of nitrogens with two attached hydrogens (primary N) is 1. The van der Waals surface area contributed by atoms with Gasteiger partial charge in [0.05, 0.1) is 0 Å². The first-order chi connectivity index (χ1) is 8.43. The second kappa shape index (κ2) is 5.32. The molecule has 1 fully saturated rings. The molecule has 1 aliphatic rings. The molecule has 0 amide bonds. The Labute approximate surface area is 119 Å². The Morgan fingerprint density at radius 3 is 2.67 bits per heavy atom. The number of hydrogen-bond donors (Lipinski definition) is 1. The Kier molecular flexibility index (Phi) is 4.15. The number of aryl methyl sites for hydroxylation is 1. The van der Waals surface area contributed by atoms with Crippen molar-refractivity contribution in [1.82, 2.24) is 4.90 Å². The molecule has 0 bridgehead atoms. The van der Waals surface area contributed by atoms with Crippen molar-refractivity contribution < 1.29 is 0 Å². The van der Waals surface area contributed by atoms with Crippen LogP contribution >= 0.6 is 15.9 Å². The average molecular weight is 311 g/mol. The van der Waals surface area contributed by atoms with E-state index >= 15 is 0 Å². The second-order valence-corrected chi connectivity index (χ2v) is 7.00. The van der Waals surface area contributed by atoms with Crippen LogP contribution in [0.4, 0.5) is 0 Å². The minimum atomic E-state index is 0.351. The first kappa shape index (κ1) is 14.0. The fraction of sp³-hybridized carbons (Fsp3) is 0.600. The third-order valence-electron chi connectivity index (χ3n) is 3.95. The molecule has 100 valence electrons. The third-order valence-corrected chi connectivity index (χ3v) is 4.81. The topological polar surface area (TPSA) is 29.3 Å². The van der Waals surface area contributed by atoms with Crippen molar-refractivity contribution in [3.05, 3.63) is 33.8 Å². The van der Waals surface area contributed by atoms with Crippen LogP contribution in [0, 0.1) is 12.3 Å². The molecule has 0 saturated carbocycles. The van der Waals surface area contributed by atoms with Crippen LogP contribution in [-0.4, -0.2) is 24.5 Å². The van der Waals surface area contributed by atoms with Gasteiger partial charge in [-0.1, -0.05) is 41.9 Å². The smallest absolute Gasteiger partial charge is 0.0471 e. The van der Waals surface area contributed by atoms with E-state index in [9.17, 15) is 0 Å². The predicted molar refractivity (Wildman–Crippen MR) is 80.6 cm³/mol.